The van der Waals surface area contributed by atoms with Gasteiger partial charge in [-0.05, 0) is 32.9 Å². The van der Waals surface area contributed by atoms with Crippen LogP contribution in [0.25, 0.3) is 0 Å². The molecule has 0 aliphatic carbocycles. The summed E-state index contributed by atoms with van der Waals surface area (Å²) in [5.74, 6) is 0.0475. The molecular formula is C12H15N3O. The van der Waals surface area contributed by atoms with Gasteiger partial charge in [0.1, 0.15) is 0 Å². The molecule has 0 saturated heterocycles. The first-order valence-corrected chi connectivity index (χ1v) is 5.29. The third kappa shape index (κ3) is 1.96. The third-order valence-electron chi connectivity index (χ3n) is 2.41. The maximum atomic E-state index is 11.8. The van der Waals surface area contributed by atoms with Crippen molar-refractivity contribution >= 4 is 11.6 Å². The Labute approximate surface area is 95.0 Å². The monoisotopic (exact) mass is 217 g/mol. The van der Waals surface area contributed by atoms with Gasteiger partial charge in [-0.15, -0.1) is 0 Å². The molecular weight excluding hydrogens is 202 g/mol. The lowest BCUT2D eigenvalue weighted by Crippen LogP contribution is -2.38. The molecule has 2 heterocycles. The zero-order valence-electron chi connectivity index (χ0n) is 9.77. The summed E-state index contributed by atoms with van der Waals surface area (Å²) in [7, 11) is 0. The number of hydrazone groups is 1. The van der Waals surface area contributed by atoms with Crippen molar-refractivity contribution in [2.75, 3.05) is 0 Å². The molecule has 1 aliphatic rings. The highest BCUT2D eigenvalue weighted by Crippen LogP contribution is 2.22. The average molecular weight is 217 g/mol. The van der Waals surface area contributed by atoms with Crippen molar-refractivity contribution < 1.29 is 4.79 Å². The maximum absolute atomic E-state index is 11.8. The topological polar surface area (TPSA) is 45.6 Å². The summed E-state index contributed by atoms with van der Waals surface area (Å²) >= 11 is 0. The molecule has 4 nitrogen and oxygen atoms in total. The average Bonchev–Trinajstić information content (AvgIpc) is 2.61. The number of amides is 1. The van der Waals surface area contributed by atoms with E-state index in [1.165, 1.54) is 0 Å². The largest absolute Gasteiger partial charge is 0.272 e. The lowest BCUT2D eigenvalue weighted by atomic mass is 10.1. The van der Waals surface area contributed by atoms with E-state index in [0.29, 0.717) is 6.42 Å². The van der Waals surface area contributed by atoms with Gasteiger partial charge in [-0.2, -0.15) is 5.10 Å². The standard InChI is InChI=1S/C12H15N3O/c1-12(2,3)15-11(16)7-10(14-15)9-5-4-6-13-8-9/h4-6,8H,7H2,1-3H3. The summed E-state index contributed by atoms with van der Waals surface area (Å²) < 4.78 is 0. The summed E-state index contributed by atoms with van der Waals surface area (Å²) in [4.78, 5) is 15.8. The minimum atomic E-state index is -0.263. The highest BCUT2D eigenvalue weighted by molar-refractivity contribution is 6.13. The molecule has 1 aliphatic heterocycles. The van der Waals surface area contributed by atoms with E-state index < -0.39 is 0 Å². The molecule has 0 bridgehead atoms. The molecule has 16 heavy (non-hydrogen) atoms. The van der Waals surface area contributed by atoms with E-state index in [-0.39, 0.29) is 11.4 Å². The lowest BCUT2D eigenvalue weighted by molar-refractivity contribution is -0.133. The van der Waals surface area contributed by atoms with Crippen LogP contribution in [0.15, 0.2) is 29.6 Å². The molecule has 0 fully saturated rings. The second kappa shape index (κ2) is 3.70. The molecule has 0 aromatic carbocycles. The number of aromatic nitrogens is 1. The highest BCUT2D eigenvalue weighted by Gasteiger charge is 2.32. The van der Waals surface area contributed by atoms with Gasteiger partial charge >= 0.3 is 0 Å². The van der Waals surface area contributed by atoms with Crippen molar-refractivity contribution in [1.29, 1.82) is 0 Å². The number of rotatable bonds is 1. The number of hydrogen-bond donors (Lipinski definition) is 0. The van der Waals surface area contributed by atoms with E-state index >= 15 is 0 Å². The fourth-order valence-electron chi connectivity index (χ4n) is 1.65. The molecule has 0 N–H and O–H groups in total. The molecule has 0 atom stereocenters. The first kappa shape index (κ1) is 10.8. The van der Waals surface area contributed by atoms with Crippen LogP contribution < -0.4 is 0 Å². The Balaban J connectivity index is 2.31. The van der Waals surface area contributed by atoms with E-state index in [2.05, 4.69) is 10.1 Å². The smallest absolute Gasteiger partial charge is 0.249 e. The van der Waals surface area contributed by atoms with E-state index in [1.807, 2.05) is 32.9 Å². The third-order valence-corrected chi connectivity index (χ3v) is 2.41. The van der Waals surface area contributed by atoms with Crippen molar-refractivity contribution in [1.82, 2.24) is 9.99 Å². The predicted octanol–water partition coefficient (Wildman–Crippen LogP) is 1.82. The van der Waals surface area contributed by atoms with Crippen LogP contribution in [0, 0.1) is 0 Å². The van der Waals surface area contributed by atoms with Crippen molar-refractivity contribution in [3.8, 4) is 0 Å². The Morgan fingerprint density at radius 2 is 2.12 bits per heavy atom. The van der Waals surface area contributed by atoms with E-state index in [9.17, 15) is 4.79 Å². The van der Waals surface area contributed by atoms with Crippen LogP contribution in [-0.4, -0.2) is 27.2 Å². The van der Waals surface area contributed by atoms with Crippen LogP contribution >= 0.6 is 0 Å². The molecule has 0 unspecified atom stereocenters. The number of carbonyl (C=O) groups is 1. The zero-order chi connectivity index (χ0) is 11.8. The minimum Gasteiger partial charge on any atom is -0.272 e. The van der Waals surface area contributed by atoms with E-state index in [0.717, 1.165) is 11.3 Å². The summed E-state index contributed by atoms with van der Waals surface area (Å²) in [6.45, 7) is 5.92. The summed E-state index contributed by atoms with van der Waals surface area (Å²) in [6.07, 6.45) is 3.81. The minimum absolute atomic E-state index is 0.0475. The molecule has 4 heteroatoms. The Morgan fingerprint density at radius 3 is 2.62 bits per heavy atom. The molecule has 1 aromatic heterocycles. The van der Waals surface area contributed by atoms with Crippen LogP contribution in [0.1, 0.15) is 32.8 Å². The van der Waals surface area contributed by atoms with Crippen molar-refractivity contribution in [3.63, 3.8) is 0 Å². The van der Waals surface area contributed by atoms with Gasteiger partial charge in [-0.1, -0.05) is 0 Å². The van der Waals surface area contributed by atoms with Crippen LogP contribution in [0.5, 0.6) is 0 Å². The first-order chi connectivity index (χ1) is 7.48. The van der Waals surface area contributed by atoms with Crippen molar-refractivity contribution in [2.24, 2.45) is 5.10 Å². The van der Waals surface area contributed by atoms with Crippen LogP contribution in [0.3, 0.4) is 0 Å². The molecule has 1 amide bonds. The van der Waals surface area contributed by atoms with Gasteiger partial charge in [0, 0.05) is 18.0 Å². The predicted molar refractivity (Wildman–Crippen MR) is 62.0 cm³/mol. The normalized spacial score (nSPS) is 16.6. The van der Waals surface area contributed by atoms with Crippen LogP contribution in [-0.2, 0) is 4.79 Å². The van der Waals surface area contributed by atoms with Gasteiger partial charge < -0.3 is 0 Å². The Morgan fingerprint density at radius 1 is 1.38 bits per heavy atom. The summed E-state index contributed by atoms with van der Waals surface area (Å²) in [6, 6.07) is 3.77. The van der Waals surface area contributed by atoms with Crippen molar-refractivity contribution in [2.45, 2.75) is 32.7 Å². The van der Waals surface area contributed by atoms with Gasteiger partial charge in [0.15, 0.2) is 0 Å². The molecule has 0 radical (unpaired) electrons. The summed E-state index contributed by atoms with van der Waals surface area (Å²) in [5.41, 5.74) is 1.46. The quantitative estimate of drug-likeness (QED) is 0.720. The van der Waals surface area contributed by atoms with Crippen LogP contribution in [0.4, 0.5) is 0 Å². The van der Waals surface area contributed by atoms with Gasteiger partial charge in [-0.25, -0.2) is 5.01 Å². The highest BCUT2D eigenvalue weighted by atomic mass is 16.2. The molecule has 2 rings (SSSR count). The fourth-order valence-corrected chi connectivity index (χ4v) is 1.65. The Bertz CT molecular complexity index is 431. The summed E-state index contributed by atoms with van der Waals surface area (Å²) in [5, 5.41) is 5.92. The fraction of sp³-hybridized carbons (Fsp3) is 0.417. The maximum Gasteiger partial charge on any atom is 0.249 e. The van der Waals surface area contributed by atoms with Gasteiger partial charge in [0.05, 0.1) is 17.7 Å². The Kier molecular flexibility index (Phi) is 2.50. The molecule has 1 aromatic rings. The molecule has 0 saturated carbocycles. The van der Waals surface area contributed by atoms with Gasteiger partial charge in [-0.3, -0.25) is 9.78 Å². The first-order valence-electron chi connectivity index (χ1n) is 5.29. The zero-order valence-corrected chi connectivity index (χ0v) is 9.77. The van der Waals surface area contributed by atoms with Gasteiger partial charge in [0.2, 0.25) is 5.91 Å². The number of pyridine rings is 1. The van der Waals surface area contributed by atoms with Crippen LogP contribution in [0.2, 0.25) is 0 Å². The number of hydrogen-bond acceptors (Lipinski definition) is 3. The number of nitrogens with zero attached hydrogens (tertiary/aromatic N) is 3. The second-order valence-corrected chi connectivity index (χ2v) is 4.84. The van der Waals surface area contributed by atoms with Gasteiger partial charge in [0.25, 0.3) is 0 Å². The van der Waals surface area contributed by atoms with Crippen molar-refractivity contribution in [3.05, 3.63) is 30.1 Å². The Hall–Kier alpha value is -1.71. The SMILES string of the molecule is CC(C)(C)N1N=C(c2cccnc2)CC1=O. The molecule has 84 valence electrons. The van der Waals surface area contributed by atoms with E-state index in [1.54, 1.807) is 17.4 Å². The second-order valence-electron chi connectivity index (χ2n) is 4.84. The number of carbonyl (C=O) groups excluding carboxylic acids is 1. The van der Waals surface area contributed by atoms with E-state index in [4.69, 9.17) is 0 Å². The molecule has 0 spiro atoms. The lowest BCUT2D eigenvalue weighted by Gasteiger charge is -2.27.